The predicted octanol–water partition coefficient (Wildman–Crippen LogP) is 11.3. The van der Waals surface area contributed by atoms with Crippen LogP contribution in [-0.4, -0.2) is 59.1 Å². The molecule has 0 fully saturated rings. The number of halogens is 2. The lowest BCUT2D eigenvalue weighted by atomic mass is 9.79. The summed E-state index contributed by atoms with van der Waals surface area (Å²) < 4.78 is 52.3. The van der Waals surface area contributed by atoms with Crippen molar-refractivity contribution in [1.82, 2.24) is 19.6 Å². The zero-order chi connectivity index (χ0) is 46.8. The summed E-state index contributed by atoms with van der Waals surface area (Å²) in [5.74, 6) is -0.349. The molecule has 0 saturated heterocycles. The number of hydrogen-bond donors (Lipinski definition) is 2. The van der Waals surface area contributed by atoms with E-state index in [4.69, 9.17) is 33.4 Å². The van der Waals surface area contributed by atoms with Crippen LogP contribution in [0.25, 0.3) is 34.7 Å². The minimum Gasteiger partial charge on any atom is -0.508 e. The van der Waals surface area contributed by atoms with Crippen LogP contribution < -0.4 is 0 Å². The first-order valence-electron chi connectivity index (χ1n) is 21.4. The standard InChI is InChI=1S/C53H42Cl2N4O6S2/c1-66(62,63)43-17-13-41(14-18-43)58-30-38-26-36(34-5-9-39(54)10-6-34)28-48(53(38)57-58)47-25-33(4-22-52(47)61)23-32-3-21-51(60)46(24-32)45-27-37(35-7-11-40(55)12-8-35)29-50-49(45)31-59(56-50)42-15-19-44(20-16-42)67(2,64)65/h3-22,24-26,29-31,45,48,60-61H,23,27-28H2,1-2H3. The second kappa shape index (κ2) is 17.2. The molecule has 10 rings (SSSR count). The minimum atomic E-state index is -3.38. The van der Waals surface area contributed by atoms with Crippen LogP contribution in [0.15, 0.2) is 156 Å². The molecule has 2 aliphatic carbocycles. The van der Waals surface area contributed by atoms with Crippen LogP contribution in [0.4, 0.5) is 0 Å². The Kier molecular flexibility index (Phi) is 11.3. The van der Waals surface area contributed by atoms with Crippen molar-refractivity contribution in [2.24, 2.45) is 0 Å². The molecular formula is C53H42Cl2N4O6S2. The van der Waals surface area contributed by atoms with Crippen molar-refractivity contribution in [2.45, 2.75) is 40.9 Å². The maximum absolute atomic E-state index is 12.2. The first kappa shape index (κ1) is 44.2. The van der Waals surface area contributed by atoms with Gasteiger partial charge in [0.1, 0.15) is 11.5 Å². The lowest BCUT2D eigenvalue weighted by Crippen LogP contribution is -2.10. The van der Waals surface area contributed by atoms with Crippen molar-refractivity contribution in [3.63, 3.8) is 0 Å². The van der Waals surface area contributed by atoms with Crippen LogP contribution in [0, 0.1) is 0 Å². The van der Waals surface area contributed by atoms with Gasteiger partial charge in [0, 0.05) is 69.0 Å². The molecule has 0 aliphatic heterocycles. The fourth-order valence-electron chi connectivity index (χ4n) is 9.12. The van der Waals surface area contributed by atoms with Crippen molar-refractivity contribution < 1.29 is 27.0 Å². The van der Waals surface area contributed by atoms with E-state index in [2.05, 4.69) is 12.2 Å². The zero-order valence-electron chi connectivity index (χ0n) is 36.2. The molecule has 2 aromatic heterocycles. The van der Waals surface area contributed by atoms with Crippen LogP contribution in [0.1, 0.15) is 80.6 Å². The summed E-state index contributed by atoms with van der Waals surface area (Å²) in [5, 5.41) is 34.5. The summed E-state index contributed by atoms with van der Waals surface area (Å²) in [4.78, 5) is 0.433. The Hall–Kier alpha value is -6.70. The predicted molar refractivity (Wildman–Crippen MR) is 264 cm³/mol. The summed E-state index contributed by atoms with van der Waals surface area (Å²) in [6.45, 7) is 0. The number of allylic oxidation sites excluding steroid dienone is 2. The third-order valence-electron chi connectivity index (χ3n) is 12.6. The number of nitrogens with zero attached hydrogens (tertiary/aromatic N) is 4. The van der Waals surface area contributed by atoms with E-state index >= 15 is 0 Å². The van der Waals surface area contributed by atoms with Crippen molar-refractivity contribution >= 4 is 66.2 Å². The molecule has 0 amide bonds. The quantitative estimate of drug-likeness (QED) is 0.138. The molecule has 14 heteroatoms. The molecule has 2 aliphatic rings. The molecule has 67 heavy (non-hydrogen) atoms. The molecule has 2 unspecified atom stereocenters. The molecule has 8 aromatic rings. The topological polar surface area (TPSA) is 144 Å². The van der Waals surface area contributed by atoms with Crippen molar-refractivity contribution in [1.29, 1.82) is 0 Å². The van der Waals surface area contributed by atoms with E-state index < -0.39 is 19.7 Å². The summed E-state index contributed by atoms with van der Waals surface area (Å²) in [7, 11) is -6.77. The van der Waals surface area contributed by atoms with E-state index in [1.807, 2.05) is 85.2 Å². The van der Waals surface area contributed by atoms with E-state index in [0.717, 1.165) is 61.5 Å². The molecule has 0 bridgehead atoms. The third-order valence-corrected chi connectivity index (χ3v) is 15.3. The van der Waals surface area contributed by atoms with E-state index in [1.165, 1.54) is 12.5 Å². The maximum Gasteiger partial charge on any atom is 0.175 e. The summed E-state index contributed by atoms with van der Waals surface area (Å²) in [6.07, 6.45) is 12.0. The van der Waals surface area contributed by atoms with Gasteiger partial charge in [0.15, 0.2) is 19.7 Å². The summed E-state index contributed by atoms with van der Waals surface area (Å²) in [5.41, 5.74) is 12.0. The Morgan fingerprint density at radius 1 is 0.552 bits per heavy atom. The fraction of sp³-hybridized carbons (Fsp3) is 0.132. The van der Waals surface area contributed by atoms with Gasteiger partial charge >= 0.3 is 0 Å². The first-order valence-corrected chi connectivity index (χ1v) is 25.9. The highest BCUT2D eigenvalue weighted by molar-refractivity contribution is 7.91. The van der Waals surface area contributed by atoms with Gasteiger partial charge in [-0.2, -0.15) is 10.2 Å². The van der Waals surface area contributed by atoms with Gasteiger partial charge < -0.3 is 10.2 Å². The number of sulfone groups is 2. The van der Waals surface area contributed by atoms with Crippen molar-refractivity contribution in [3.8, 4) is 22.9 Å². The van der Waals surface area contributed by atoms with Gasteiger partial charge in [-0.15, -0.1) is 0 Å². The molecule has 0 spiro atoms. The van der Waals surface area contributed by atoms with Crippen LogP contribution in [0.5, 0.6) is 11.5 Å². The van der Waals surface area contributed by atoms with Gasteiger partial charge in [-0.3, -0.25) is 0 Å². The average Bonchev–Trinajstić information content (AvgIpc) is 3.95. The van der Waals surface area contributed by atoms with Gasteiger partial charge in [0.05, 0.1) is 32.6 Å². The van der Waals surface area contributed by atoms with Gasteiger partial charge in [-0.05, 0) is 150 Å². The van der Waals surface area contributed by atoms with E-state index in [1.54, 1.807) is 70.0 Å². The van der Waals surface area contributed by atoms with Crippen molar-refractivity contribution in [3.05, 3.63) is 212 Å². The molecule has 2 heterocycles. The first-order chi connectivity index (χ1) is 32.0. The Balaban J connectivity index is 1.00. The van der Waals surface area contributed by atoms with E-state index in [9.17, 15) is 27.0 Å². The molecule has 0 radical (unpaired) electrons. The molecular weight excluding hydrogens is 924 g/mol. The van der Waals surface area contributed by atoms with E-state index in [-0.39, 0.29) is 33.1 Å². The summed E-state index contributed by atoms with van der Waals surface area (Å²) >= 11 is 12.6. The van der Waals surface area contributed by atoms with Crippen LogP contribution in [-0.2, 0) is 26.1 Å². The normalized spacial score (nSPS) is 15.9. The fourth-order valence-corrected chi connectivity index (χ4v) is 10.6. The maximum atomic E-state index is 12.2. The highest BCUT2D eigenvalue weighted by atomic mass is 35.5. The van der Waals surface area contributed by atoms with Crippen LogP contribution in [0.3, 0.4) is 0 Å². The van der Waals surface area contributed by atoms with Gasteiger partial charge in [0.2, 0.25) is 0 Å². The molecule has 0 saturated carbocycles. The number of rotatable bonds is 10. The number of fused-ring (bicyclic) bond motifs is 2. The van der Waals surface area contributed by atoms with Gasteiger partial charge in [-0.1, -0.05) is 71.7 Å². The highest BCUT2D eigenvalue weighted by Gasteiger charge is 2.31. The Bertz CT molecular complexity index is 3290. The minimum absolute atomic E-state index is 0.134. The highest BCUT2D eigenvalue weighted by Crippen LogP contribution is 2.47. The molecule has 336 valence electrons. The average molecular weight is 966 g/mol. The molecule has 2 N–H and O–H groups in total. The van der Waals surface area contributed by atoms with Gasteiger partial charge in [-0.25, -0.2) is 26.2 Å². The number of phenols is 2. The zero-order valence-corrected chi connectivity index (χ0v) is 39.3. The molecule has 6 aromatic carbocycles. The second-order valence-electron chi connectivity index (χ2n) is 17.2. The Morgan fingerprint density at radius 3 is 1.52 bits per heavy atom. The number of benzene rings is 6. The lowest BCUT2D eigenvalue weighted by molar-refractivity contribution is 0.464. The number of phenolic OH excluding ortho intramolecular Hbond substituents is 2. The smallest absolute Gasteiger partial charge is 0.175 e. The second-order valence-corrected chi connectivity index (χ2v) is 22.1. The number of aromatic hydroxyl groups is 2. The van der Waals surface area contributed by atoms with E-state index in [0.29, 0.717) is 46.2 Å². The van der Waals surface area contributed by atoms with Gasteiger partial charge in [0.25, 0.3) is 0 Å². The largest absolute Gasteiger partial charge is 0.508 e. The number of aromatic nitrogens is 4. The SMILES string of the molecule is CS(=O)(=O)c1ccc(-n2cc3c(n2)C=C(c2ccc(Cl)cc2)CC3c2cc(Cc3ccc(O)c(C4CC(c5ccc(Cl)cc5)=Cc5cn(-c6ccc(S(C)(=O)=O)cc6)nc54)c3)ccc2O)cc1. The van der Waals surface area contributed by atoms with Crippen molar-refractivity contribution in [2.75, 3.05) is 12.5 Å². The monoisotopic (exact) mass is 964 g/mol. The summed E-state index contributed by atoms with van der Waals surface area (Å²) in [6, 6.07) is 39.9. The van der Waals surface area contributed by atoms with Crippen LogP contribution >= 0.6 is 23.2 Å². The molecule has 10 nitrogen and oxygen atoms in total. The lowest BCUT2D eigenvalue weighted by Gasteiger charge is -2.25. The number of hydrogen-bond acceptors (Lipinski definition) is 8. The Labute approximate surface area is 398 Å². The Morgan fingerprint density at radius 2 is 1.01 bits per heavy atom. The van der Waals surface area contributed by atoms with Crippen LogP contribution in [0.2, 0.25) is 10.0 Å². The molecule has 2 atom stereocenters. The third kappa shape index (κ3) is 8.97.